The van der Waals surface area contributed by atoms with Crippen molar-refractivity contribution in [1.29, 1.82) is 0 Å². The molecule has 2 atom stereocenters. The van der Waals surface area contributed by atoms with E-state index in [-0.39, 0.29) is 5.92 Å². The van der Waals surface area contributed by atoms with Gasteiger partial charge in [0.1, 0.15) is 0 Å². The van der Waals surface area contributed by atoms with Gasteiger partial charge in [-0.1, -0.05) is 30.2 Å². The fourth-order valence-corrected chi connectivity index (χ4v) is 5.14. The lowest BCUT2D eigenvalue weighted by atomic mass is 9.84. The maximum atomic E-state index is 12.6. The summed E-state index contributed by atoms with van der Waals surface area (Å²) in [6.07, 6.45) is 6.22. The van der Waals surface area contributed by atoms with Crippen molar-refractivity contribution >= 4 is 17.5 Å². The van der Waals surface area contributed by atoms with Crippen molar-refractivity contribution in [3.8, 4) is 0 Å². The van der Waals surface area contributed by atoms with Crippen LogP contribution in [-0.2, 0) is 0 Å². The van der Waals surface area contributed by atoms with E-state index in [1.165, 1.54) is 24.8 Å². The standard InChI is InChI=1S/C16H20OS/c1-11-4-2-5-12(8-11)16(17)13-9-14-6-3-7-15(10-13)18-14/h2,4-5,8,13-15H,3,6-7,9-10H2,1H3. The molecule has 0 N–H and O–H groups in total. The second-order valence-corrected chi connectivity index (χ2v) is 7.32. The summed E-state index contributed by atoms with van der Waals surface area (Å²) in [7, 11) is 0. The summed E-state index contributed by atoms with van der Waals surface area (Å²) in [6.45, 7) is 2.06. The molecule has 2 bridgehead atoms. The van der Waals surface area contributed by atoms with E-state index >= 15 is 0 Å². The lowest BCUT2D eigenvalue weighted by molar-refractivity contribution is 0.0896. The number of Topliss-reactive ketones (excluding diaryl/α,β-unsaturated/α-hetero) is 1. The number of aryl methyl sites for hydroxylation is 1. The minimum absolute atomic E-state index is 0.281. The number of carbonyl (C=O) groups is 1. The highest BCUT2D eigenvalue weighted by Crippen LogP contribution is 2.44. The van der Waals surface area contributed by atoms with Crippen LogP contribution in [0.3, 0.4) is 0 Å². The number of ketones is 1. The van der Waals surface area contributed by atoms with E-state index in [0.29, 0.717) is 5.78 Å². The van der Waals surface area contributed by atoms with E-state index in [0.717, 1.165) is 28.9 Å². The third kappa shape index (κ3) is 2.49. The Hall–Kier alpha value is -0.760. The Labute approximate surface area is 113 Å². The Kier molecular flexibility index (Phi) is 3.47. The van der Waals surface area contributed by atoms with Crippen molar-refractivity contribution in [3.05, 3.63) is 35.4 Å². The molecule has 2 aliphatic rings. The molecule has 2 aliphatic heterocycles. The molecule has 0 spiro atoms. The predicted octanol–water partition coefficient (Wildman–Crippen LogP) is 4.24. The number of benzene rings is 1. The Balaban J connectivity index is 1.76. The summed E-state index contributed by atoms with van der Waals surface area (Å²) >= 11 is 2.14. The molecule has 0 aliphatic carbocycles. The molecule has 0 saturated carbocycles. The molecule has 3 rings (SSSR count). The van der Waals surface area contributed by atoms with Gasteiger partial charge in [-0.15, -0.1) is 0 Å². The van der Waals surface area contributed by atoms with E-state index in [4.69, 9.17) is 0 Å². The average molecular weight is 260 g/mol. The first kappa shape index (κ1) is 12.3. The number of hydrogen-bond donors (Lipinski definition) is 0. The Morgan fingerprint density at radius 1 is 1.22 bits per heavy atom. The topological polar surface area (TPSA) is 17.1 Å². The van der Waals surface area contributed by atoms with Gasteiger partial charge < -0.3 is 0 Å². The zero-order valence-corrected chi connectivity index (χ0v) is 11.7. The van der Waals surface area contributed by atoms with E-state index < -0.39 is 0 Å². The summed E-state index contributed by atoms with van der Waals surface area (Å²) in [6, 6.07) is 8.08. The summed E-state index contributed by atoms with van der Waals surface area (Å²) in [5, 5.41) is 1.49. The maximum Gasteiger partial charge on any atom is 0.166 e. The van der Waals surface area contributed by atoms with Crippen molar-refractivity contribution in [2.75, 3.05) is 0 Å². The normalized spacial score (nSPS) is 31.1. The minimum atomic E-state index is 0.281. The fraction of sp³-hybridized carbons (Fsp3) is 0.562. The van der Waals surface area contributed by atoms with Crippen LogP contribution in [0.2, 0.25) is 0 Å². The van der Waals surface area contributed by atoms with E-state index in [1.807, 2.05) is 18.2 Å². The highest BCUT2D eigenvalue weighted by Gasteiger charge is 2.35. The van der Waals surface area contributed by atoms with Gasteiger partial charge in [0.25, 0.3) is 0 Å². The first-order chi connectivity index (χ1) is 8.72. The van der Waals surface area contributed by atoms with Crippen LogP contribution in [0.25, 0.3) is 0 Å². The Morgan fingerprint density at radius 2 is 1.94 bits per heavy atom. The van der Waals surface area contributed by atoms with Crippen LogP contribution in [0.5, 0.6) is 0 Å². The number of thioether (sulfide) groups is 1. The van der Waals surface area contributed by atoms with Gasteiger partial charge in [0, 0.05) is 22.0 Å². The molecule has 0 amide bonds. The molecule has 2 saturated heterocycles. The molecule has 96 valence electrons. The smallest absolute Gasteiger partial charge is 0.166 e. The molecule has 2 heteroatoms. The lowest BCUT2D eigenvalue weighted by Crippen LogP contribution is -2.32. The largest absolute Gasteiger partial charge is 0.294 e. The second-order valence-electron chi connectivity index (χ2n) is 5.71. The quantitative estimate of drug-likeness (QED) is 0.740. The van der Waals surface area contributed by atoms with Gasteiger partial charge in [-0.05, 0) is 38.7 Å². The molecule has 0 radical (unpaired) electrons. The van der Waals surface area contributed by atoms with E-state index in [2.05, 4.69) is 24.8 Å². The third-order valence-corrected chi connectivity index (χ3v) is 5.83. The van der Waals surface area contributed by atoms with Gasteiger partial charge in [0.15, 0.2) is 5.78 Å². The van der Waals surface area contributed by atoms with Crippen LogP contribution < -0.4 is 0 Å². The van der Waals surface area contributed by atoms with Crippen LogP contribution in [0.4, 0.5) is 0 Å². The van der Waals surface area contributed by atoms with Crippen LogP contribution in [0, 0.1) is 12.8 Å². The molecule has 1 aromatic carbocycles. The number of rotatable bonds is 2. The van der Waals surface area contributed by atoms with Gasteiger partial charge in [-0.25, -0.2) is 0 Å². The SMILES string of the molecule is Cc1cccc(C(=O)C2CC3CCCC(C2)S3)c1. The molecule has 1 nitrogen and oxygen atoms in total. The summed E-state index contributed by atoms with van der Waals surface area (Å²) in [4.78, 5) is 12.6. The third-order valence-electron chi connectivity index (χ3n) is 4.21. The van der Waals surface area contributed by atoms with E-state index in [1.54, 1.807) is 0 Å². The van der Waals surface area contributed by atoms with E-state index in [9.17, 15) is 4.79 Å². The van der Waals surface area contributed by atoms with Crippen molar-refractivity contribution < 1.29 is 4.79 Å². The number of hydrogen-bond acceptors (Lipinski definition) is 2. The van der Waals surface area contributed by atoms with Crippen molar-refractivity contribution in [1.82, 2.24) is 0 Å². The highest BCUT2D eigenvalue weighted by molar-refractivity contribution is 8.00. The van der Waals surface area contributed by atoms with Gasteiger partial charge in [0.2, 0.25) is 0 Å². The molecule has 2 unspecified atom stereocenters. The molecular weight excluding hydrogens is 240 g/mol. The first-order valence-electron chi connectivity index (χ1n) is 6.99. The molecule has 1 aromatic rings. The van der Waals surface area contributed by atoms with Crippen molar-refractivity contribution in [2.24, 2.45) is 5.92 Å². The van der Waals surface area contributed by atoms with Crippen LogP contribution in [0.1, 0.15) is 48.0 Å². The number of fused-ring (bicyclic) bond motifs is 2. The molecule has 18 heavy (non-hydrogen) atoms. The summed E-state index contributed by atoms with van der Waals surface area (Å²) < 4.78 is 0. The van der Waals surface area contributed by atoms with Gasteiger partial charge >= 0.3 is 0 Å². The monoisotopic (exact) mass is 260 g/mol. The molecular formula is C16H20OS. The number of carbonyl (C=O) groups excluding carboxylic acids is 1. The van der Waals surface area contributed by atoms with Crippen LogP contribution >= 0.6 is 11.8 Å². The van der Waals surface area contributed by atoms with Gasteiger partial charge in [-0.2, -0.15) is 11.8 Å². The predicted molar refractivity (Wildman–Crippen MR) is 77.3 cm³/mol. The van der Waals surface area contributed by atoms with Gasteiger partial charge in [0.05, 0.1) is 0 Å². The van der Waals surface area contributed by atoms with Crippen molar-refractivity contribution in [3.63, 3.8) is 0 Å². The Morgan fingerprint density at radius 3 is 2.61 bits per heavy atom. The maximum absolute atomic E-state index is 12.6. The van der Waals surface area contributed by atoms with Crippen molar-refractivity contribution in [2.45, 2.75) is 49.5 Å². The summed E-state index contributed by atoms with van der Waals surface area (Å²) in [5.41, 5.74) is 2.11. The average Bonchev–Trinajstić information content (AvgIpc) is 2.37. The lowest BCUT2D eigenvalue weighted by Gasteiger charge is -2.38. The minimum Gasteiger partial charge on any atom is -0.294 e. The molecule has 2 fully saturated rings. The van der Waals surface area contributed by atoms with Crippen LogP contribution in [-0.4, -0.2) is 16.3 Å². The van der Waals surface area contributed by atoms with Gasteiger partial charge in [-0.3, -0.25) is 4.79 Å². The zero-order valence-electron chi connectivity index (χ0n) is 10.9. The molecule has 0 aromatic heterocycles. The first-order valence-corrected chi connectivity index (χ1v) is 7.93. The van der Waals surface area contributed by atoms with Crippen LogP contribution in [0.15, 0.2) is 24.3 Å². The molecule has 2 heterocycles. The Bertz CT molecular complexity index is 442. The fourth-order valence-electron chi connectivity index (χ4n) is 3.31. The zero-order chi connectivity index (χ0) is 12.5. The second kappa shape index (κ2) is 5.08. The highest BCUT2D eigenvalue weighted by atomic mass is 32.2. The summed E-state index contributed by atoms with van der Waals surface area (Å²) in [5.74, 6) is 0.666.